The Morgan fingerprint density at radius 3 is 2.79 bits per heavy atom. The standard InChI is InChI=1S/C8H14BrN5/c1-14(2)4-3-11-7-5-6(9)12-8(10)13-7/h5H,3-4H2,1-2H3,(H3,10,11,12,13). The van der Waals surface area contributed by atoms with Gasteiger partial charge in [-0.1, -0.05) is 0 Å². The molecule has 1 heterocycles. The number of nitrogens with zero attached hydrogens (tertiary/aromatic N) is 3. The maximum Gasteiger partial charge on any atom is 0.223 e. The number of rotatable bonds is 4. The summed E-state index contributed by atoms with van der Waals surface area (Å²) in [6.07, 6.45) is 0. The summed E-state index contributed by atoms with van der Waals surface area (Å²) < 4.78 is 0.692. The third-order valence-electron chi connectivity index (χ3n) is 1.58. The lowest BCUT2D eigenvalue weighted by Gasteiger charge is -2.10. The van der Waals surface area contributed by atoms with E-state index in [1.54, 1.807) is 6.07 Å². The van der Waals surface area contributed by atoms with Gasteiger partial charge < -0.3 is 16.0 Å². The highest BCUT2D eigenvalue weighted by Crippen LogP contribution is 2.12. The lowest BCUT2D eigenvalue weighted by molar-refractivity contribution is 0.425. The van der Waals surface area contributed by atoms with Gasteiger partial charge in [0.25, 0.3) is 0 Å². The van der Waals surface area contributed by atoms with Gasteiger partial charge in [0.1, 0.15) is 10.4 Å². The van der Waals surface area contributed by atoms with Crippen LogP contribution in [0, 0.1) is 0 Å². The number of nitrogen functional groups attached to an aromatic ring is 1. The Morgan fingerprint density at radius 1 is 1.50 bits per heavy atom. The Bertz CT molecular complexity index is 282. The summed E-state index contributed by atoms with van der Waals surface area (Å²) in [6, 6.07) is 1.80. The van der Waals surface area contributed by atoms with Gasteiger partial charge in [-0.2, -0.15) is 4.98 Å². The Labute approximate surface area is 91.8 Å². The number of halogens is 1. The molecule has 6 heteroatoms. The Kier molecular flexibility index (Phi) is 4.09. The van der Waals surface area contributed by atoms with Crippen LogP contribution in [-0.2, 0) is 0 Å². The molecular formula is C8H14BrN5. The molecule has 0 aromatic carbocycles. The summed E-state index contributed by atoms with van der Waals surface area (Å²) in [5.74, 6) is 1.01. The van der Waals surface area contributed by atoms with Gasteiger partial charge in [-0.3, -0.25) is 0 Å². The van der Waals surface area contributed by atoms with Crippen molar-refractivity contribution in [1.29, 1.82) is 0 Å². The molecule has 0 radical (unpaired) electrons. The van der Waals surface area contributed by atoms with Gasteiger partial charge in [0.2, 0.25) is 5.95 Å². The fraction of sp³-hybridized carbons (Fsp3) is 0.500. The molecule has 1 aromatic heterocycles. The number of hydrogen-bond acceptors (Lipinski definition) is 5. The van der Waals surface area contributed by atoms with Crippen molar-refractivity contribution < 1.29 is 0 Å². The van der Waals surface area contributed by atoms with Crippen molar-refractivity contribution in [2.75, 3.05) is 38.2 Å². The summed E-state index contributed by atoms with van der Waals surface area (Å²) in [5, 5.41) is 3.15. The molecule has 0 unspecified atom stereocenters. The Morgan fingerprint density at radius 2 is 2.21 bits per heavy atom. The molecule has 0 atom stereocenters. The van der Waals surface area contributed by atoms with Crippen LogP contribution in [0.1, 0.15) is 0 Å². The number of nitrogens with two attached hydrogens (primary N) is 1. The van der Waals surface area contributed by atoms with Crippen LogP contribution in [0.4, 0.5) is 11.8 Å². The highest BCUT2D eigenvalue weighted by atomic mass is 79.9. The summed E-state index contributed by atoms with van der Waals surface area (Å²) in [5.41, 5.74) is 5.49. The van der Waals surface area contributed by atoms with Crippen molar-refractivity contribution in [2.45, 2.75) is 0 Å². The molecule has 0 aliphatic carbocycles. The molecule has 14 heavy (non-hydrogen) atoms. The molecule has 0 aliphatic rings. The van der Waals surface area contributed by atoms with Gasteiger partial charge >= 0.3 is 0 Å². The van der Waals surface area contributed by atoms with E-state index < -0.39 is 0 Å². The van der Waals surface area contributed by atoms with Gasteiger partial charge in [0.15, 0.2) is 0 Å². The quantitative estimate of drug-likeness (QED) is 0.783. The first kappa shape index (κ1) is 11.2. The lowest BCUT2D eigenvalue weighted by atomic mass is 10.5. The molecule has 0 amide bonds. The molecule has 3 N–H and O–H groups in total. The monoisotopic (exact) mass is 259 g/mol. The molecule has 0 saturated carbocycles. The van der Waals surface area contributed by atoms with Gasteiger partial charge in [0, 0.05) is 19.2 Å². The van der Waals surface area contributed by atoms with Gasteiger partial charge in [-0.05, 0) is 30.0 Å². The first-order valence-corrected chi connectivity index (χ1v) is 5.06. The minimum atomic E-state index is 0.270. The van der Waals surface area contributed by atoms with Crippen molar-refractivity contribution in [3.05, 3.63) is 10.7 Å². The van der Waals surface area contributed by atoms with Crippen LogP contribution in [0.2, 0.25) is 0 Å². The van der Waals surface area contributed by atoms with Crippen molar-refractivity contribution in [3.63, 3.8) is 0 Å². The van der Waals surface area contributed by atoms with E-state index in [4.69, 9.17) is 5.73 Å². The van der Waals surface area contributed by atoms with Gasteiger partial charge in [0.05, 0.1) is 0 Å². The van der Waals surface area contributed by atoms with E-state index in [1.807, 2.05) is 14.1 Å². The minimum absolute atomic E-state index is 0.270. The van der Waals surface area contributed by atoms with Gasteiger partial charge in [-0.25, -0.2) is 4.98 Å². The zero-order chi connectivity index (χ0) is 10.6. The van der Waals surface area contributed by atoms with E-state index in [0.29, 0.717) is 4.60 Å². The smallest absolute Gasteiger partial charge is 0.223 e. The number of anilines is 2. The number of aromatic nitrogens is 2. The zero-order valence-corrected chi connectivity index (χ0v) is 9.87. The summed E-state index contributed by atoms with van der Waals surface area (Å²) >= 11 is 3.25. The van der Waals surface area contributed by atoms with E-state index in [9.17, 15) is 0 Å². The number of likely N-dealkylation sites (N-methyl/N-ethyl adjacent to an activating group) is 1. The van der Waals surface area contributed by atoms with Crippen molar-refractivity contribution in [1.82, 2.24) is 14.9 Å². The second-order valence-corrected chi connectivity index (χ2v) is 3.98. The molecule has 0 spiro atoms. The van der Waals surface area contributed by atoms with E-state index in [2.05, 4.69) is 36.1 Å². The first-order chi connectivity index (χ1) is 6.58. The van der Waals surface area contributed by atoms with Crippen LogP contribution in [-0.4, -0.2) is 42.1 Å². The van der Waals surface area contributed by atoms with E-state index in [-0.39, 0.29) is 5.95 Å². The molecular weight excluding hydrogens is 246 g/mol. The average molecular weight is 260 g/mol. The molecule has 0 saturated heterocycles. The maximum absolute atomic E-state index is 5.49. The molecule has 0 fully saturated rings. The summed E-state index contributed by atoms with van der Waals surface area (Å²) in [7, 11) is 4.04. The van der Waals surface area contributed by atoms with Crippen LogP contribution in [0.15, 0.2) is 10.7 Å². The van der Waals surface area contributed by atoms with Crippen LogP contribution in [0.25, 0.3) is 0 Å². The molecule has 78 valence electrons. The van der Waals surface area contributed by atoms with E-state index in [0.717, 1.165) is 18.9 Å². The summed E-state index contributed by atoms with van der Waals surface area (Å²) in [6.45, 7) is 1.78. The fourth-order valence-corrected chi connectivity index (χ4v) is 1.33. The number of nitrogens with one attached hydrogen (secondary N) is 1. The van der Waals surface area contributed by atoms with Crippen LogP contribution in [0.5, 0.6) is 0 Å². The average Bonchev–Trinajstić information content (AvgIpc) is 2.01. The SMILES string of the molecule is CN(C)CCNc1cc(Br)nc(N)n1. The predicted octanol–water partition coefficient (Wildman–Crippen LogP) is 0.795. The van der Waals surface area contributed by atoms with E-state index in [1.165, 1.54) is 0 Å². The zero-order valence-electron chi connectivity index (χ0n) is 8.29. The molecule has 1 rings (SSSR count). The first-order valence-electron chi connectivity index (χ1n) is 4.26. The second kappa shape index (κ2) is 5.11. The Balaban J connectivity index is 2.50. The van der Waals surface area contributed by atoms with Crippen molar-refractivity contribution in [3.8, 4) is 0 Å². The third kappa shape index (κ3) is 3.89. The second-order valence-electron chi connectivity index (χ2n) is 3.16. The number of hydrogen-bond donors (Lipinski definition) is 2. The normalized spacial score (nSPS) is 10.6. The molecule has 5 nitrogen and oxygen atoms in total. The molecule has 0 aliphatic heterocycles. The van der Waals surface area contributed by atoms with Crippen LogP contribution in [0.3, 0.4) is 0 Å². The minimum Gasteiger partial charge on any atom is -0.369 e. The fourth-order valence-electron chi connectivity index (χ4n) is 0.933. The lowest BCUT2D eigenvalue weighted by Crippen LogP contribution is -2.21. The Hall–Kier alpha value is -0.880. The highest BCUT2D eigenvalue weighted by molar-refractivity contribution is 9.10. The maximum atomic E-state index is 5.49. The topological polar surface area (TPSA) is 67.1 Å². The van der Waals surface area contributed by atoms with Crippen LogP contribution >= 0.6 is 15.9 Å². The van der Waals surface area contributed by atoms with Crippen molar-refractivity contribution in [2.24, 2.45) is 0 Å². The molecule has 0 bridgehead atoms. The largest absolute Gasteiger partial charge is 0.369 e. The van der Waals surface area contributed by atoms with Gasteiger partial charge in [-0.15, -0.1) is 0 Å². The predicted molar refractivity (Wildman–Crippen MR) is 61.2 cm³/mol. The van der Waals surface area contributed by atoms with E-state index >= 15 is 0 Å². The van der Waals surface area contributed by atoms with Crippen molar-refractivity contribution >= 4 is 27.7 Å². The summed E-state index contributed by atoms with van der Waals surface area (Å²) in [4.78, 5) is 10.0. The third-order valence-corrected chi connectivity index (χ3v) is 1.98. The molecule has 1 aromatic rings. The van der Waals surface area contributed by atoms with Crippen LogP contribution < -0.4 is 11.1 Å². The highest BCUT2D eigenvalue weighted by Gasteiger charge is 1.99.